The van der Waals surface area contributed by atoms with Gasteiger partial charge < -0.3 is 23.8 Å². The van der Waals surface area contributed by atoms with E-state index in [0.717, 1.165) is 44.3 Å². The number of hydrogen-bond donors (Lipinski definition) is 0. The number of nitrogens with zero attached hydrogens (tertiary/aromatic N) is 2. The molecule has 0 aromatic carbocycles. The van der Waals surface area contributed by atoms with Gasteiger partial charge in [0.05, 0.1) is 52.8 Å². The molecule has 0 radical (unpaired) electrons. The average Bonchev–Trinajstić information content (AvgIpc) is 3.15. The van der Waals surface area contributed by atoms with Crippen molar-refractivity contribution in [2.45, 2.75) is 24.9 Å². The van der Waals surface area contributed by atoms with E-state index in [1.165, 1.54) is 14.0 Å². The van der Waals surface area contributed by atoms with Crippen LogP contribution in [-0.4, -0.2) is 92.6 Å². The minimum absolute atomic E-state index is 0.478. The first-order chi connectivity index (χ1) is 14.5. The lowest BCUT2D eigenvalue weighted by molar-refractivity contribution is -0.166. The molecule has 0 spiro atoms. The summed E-state index contributed by atoms with van der Waals surface area (Å²) in [5.41, 5.74) is -2.63. The first-order valence-electron chi connectivity index (χ1n) is 9.17. The fourth-order valence-corrected chi connectivity index (χ4v) is 4.39. The fourth-order valence-electron chi connectivity index (χ4n) is 4.39. The van der Waals surface area contributed by atoms with E-state index in [1.807, 2.05) is 0 Å². The standard InChI is InChI=1S/C19H24N2O10/c1-9-13-14(16(25)20(2)15(13)24)19(18(27)31-6,8-12(23)29-4)21(9)10(17(26)30-5)7-11(22)28-3/h7,9,13-14H,8H2,1-6H3/b10-7+/t9-,13+,14-,19-/m1/s1. The van der Waals surface area contributed by atoms with Crippen molar-refractivity contribution < 1.29 is 47.7 Å². The van der Waals surface area contributed by atoms with E-state index in [-0.39, 0.29) is 0 Å². The van der Waals surface area contributed by atoms with Crippen LogP contribution in [0.1, 0.15) is 13.3 Å². The predicted octanol–water partition coefficient (Wildman–Crippen LogP) is -1.37. The summed E-state index contributed by atoms with van der Waals surface area (Å²) in [5.74, 6) is -7.80. The van der Waals surface area contributed by atoms with Crippen molar-refractivity contribution >= 4 is 35.7 Å². The van der Waals surface area contributed by atoms with Crippen LogP contribution in [0.25, 0.3) is 0 Å². The summed E-state index contributed by atoms with van der Waals surface area (Å²) >= 11 is 0. The van der Waals surface area contributed by atoms with E-state index in [2.05, 4.69) is 4.74 Å². The summed E-state index contributed by atoms with van der Waals surface area (Å²) < 4.78 is 19.0. The van der Waals surface area contributed by atoms with Gasteiger partial charge in [-0.1, -0.05) is 0 Å². The van der Waals surface area contributed by atoms with Gasteiger partial charge in [-0.15, -0.1) is 0 Å². The number of carbonyl (C=O) groups is 6. The van der Waals surface area contributed by atoms with Crippen LogP contribution in [0.2, 0.25) is 0 Å². The summed E-state index contributed by atoms with van der Waals surface area (Å²) in [5, 5.41) is 0. The Kier molecular flexibility index (Phi) is 6.72. The molecule has 2 fully saturated rings. The summed E-state index contributed by atoms with van der Waals surface area (Å²) in [7, 11) is 5.47. The number of likely N-dealkylation sites (tertiary alicyclic amines) is 2. The molecule has 0 aromatic rings. The summed E-state index contributed by atoms with van der Waals surface area (Å²) in [4.78, 5) is 77.9. The molecule has 0 aliphatic carbocycles. The molecule has 170 valence electrons. The summed E-state index contributed by atoms with van der Waals surface area (Å²) in [6.07, 6.45) is 0.0288. The van der Waals surface area contributed by atoms with E-state index in [9.17, 15) is 28.8 Å². The topological polar surface area (TPSA) is 146 Å². The van der Waals surface area contributed by atoms with Gasteiger partial charge in [0.2, 0.25) is 11.8 Å². The molecule has 2 rings (SSSR count). The maximum atomic E-state index is 13.2. The quantitative estimate of drug-likeness (QED) is 0.208. The van der Waals surface area contributed by atoms with Crippen molar-refractivity contribution in [3.63, 3.8) is 0 Å². The van der Waals surface area contributed by atoms with Crippen LogP contribution in [0.5, 0.6) is 0 Å². The largest absolute Gasteiger partial charge is 0.469 e. The van der Waals surface area contributed by atoms with Crippen LogP contribution in [0.4, 0.5) is 0 Å². The van der Waals surface area contributed by atoms with Crippen LogP contribution in [-0.2, 0) is 47.7 Å². The summed E-state index contributed by atoms with van der Waals surface area (Å²) in [6, 6.07) is -0.981. The van der Waals surface area contributed by atoms with Crippen LogP contribution in [0.3, 0.4) is 0 Å². The lowest BCUT2D eigenvalue weighted by Gasteiger charge is -2.41. The van der Waals surface area contributed by atoms with Crippen LogP contribution in [0.15, 0.2) is 11.8 Å². The molecule has 2 saturated heterocycles. The number of methoxy groups -OCH3 is 4. The maximum Gasteiger partial charge on any atom is 0.354 e. The maximum absolute atomic E-state index is 13.2. The normalized spacial score (nSPS) is 27.7. The second kappa shape index (κ2) is 8.74. The second-order valence-electron chi connectivity index (χ2n) is 7.06. The van der Waals surface area contributed by atoms with Crippen LogP contribution in [0, 0.1) is 11.8 Å². The Morgan fingerprint density at radius 2 is 1.58 bits per heavy atom. The number of hydrogen-bond acceptors (Lipinski definition) is 11. The molecule has 31 heavy (non-hydrogen) atoms. The second-order valence-corrected chi connectivity index (χ2v) is 7.06. The number of rotatable bonds is 6. The van der Waals surface area contributed by atoms with Gasteiger partial charge in [0, 0.05) is 13.1 Å². The molecule has 4 atom stereocenters. The van der Waals surface area contributed by atoms with Gasteiger partial charge in [0.25, 0.3) is 0 Å². The zero-order valence-corrected chi connectivity index (χ0v) is 18.0. The first-order valence-corrected chi connectivity index (χ1v) is 9.17. The molecular weight excluding hydrogens is 416 g/mol. The molecule has 0 N–H and O–H groups in total. The fraction of sp³-hybridized carbons (Fsp3) is 0.579. The Morgan fingerprint density at radius 3 is 2.06 bits per heavy atom. The lowest BCUT2D eigenvalue weighted by atomic mass is 9.77. The highest BCUT2D eigenvalue weighted by Gasteiger charge is 2.72. The van der Waals surface area contributed by atoms with Gasteiger partial charge in [0.15, 0.2) is 5.54 Å². The van der Waals surface area contributed by atoms with E-state index < -0.39 is 71.2 Å². The molecule has 0 saturated carbocycles. The van der Waals surface area contributed by atoms with Crippen molar-refractivity contribution in [1.29, 1.82) is 0 Å². The number of esters is 4. The molecule has 2 aliphatic heterocycles. The molecule has 2 aliphatic rings. The molecule has 0 aromatic heterocycles. The molecule has 2 heterocycles. The van der Waals surface area contributed by atoms with Crippen molar-refractivity contribution in [3.8, 4) is 0 Å². The molecule has 2 amide bonds. The smallest absolute Gasteiger partial charge is 0.354 e. The lowest BCUT2D eigenvalue weighted by Crippen LogP contribution is -2.60. The van der Waals surface area contributed by atoms with Gasteiger partial charge in [-0.05, 0) is 6.92 Å². The Labute approximate surface area is 178 Å². The van der Waals surface area contributed by atoms with Crippen molar-refractivity contribution in [3.05, 3.63) is 11.8 Å². The zero-order valence-electron chi connectivity index (χ0n) is 18.0. The first kappa shape index (κ1) is 23.8. The zero-order chi connectivity index (χ0) is 23.7. The highest BCUT2D eigenvalue weighted by molar-refractivity contribution is 6.11. The number of ether oxygens (including phenoxy) is 4. The SMILES string of the molecule is COC(=O)/C=C(\C(=O)OC)N1[C@H](C)[C@@H]2C(=O)N(C)C(=O)[C@@H]2[C@]1(CC(=O)OC)C(=O)OC. The van der Waals surface area contributed by atoms with Gasteiger partial charge in [-0.3, -0.25) is 19.3 Å². The number of fused-ring (bicyclic) bond motifs is 1. The van der Waals surface area contributed by atoms with Gasteiger partial charge in [-0.2, -0.15) is 0 Å². The van der Waals surface area contributed by atoms with E-state index in [4.69, 9.17) is 14.2 Å². The molecular formula is C19H24N2O10. The van der Waals surface area contributed by atoms with E-state index >= 15 is 0 Å². The third-order valence-corrected chi connectivity index (χ3v) is 5.73. The van der Waals surface area contributed by atoms with Crippen molar-refractivity contribution in [1.82, 2.24) is 9.80 Å². The van der Waals surface area contributed by atoms with E-state index in [0.29, 0.717) is 0 Å². The van der Waals surface area contributed by atoms with Crippen LogP contribution >= 0.6 is 0 Å². The van der Waals surface area contributed by atoms with E-state index in [1.54, 1.807) is 0 Å². The molecule has 12 nitrogen and oxygen atoms in total. The Hall–Kier alpha value is -3.44. The third-order valence-electron chi connectivity index (χ3n) is 5.73. The molecule has 12 heteroatoms. The number of amides is 2. The van der Waals surface area contributed by atoms with Gasteiger partial charge >= 0.3 is 23.9 Å². The number of imide groups is 1. The Morgan fingerprint density at radius 1 is 0.968 bits per heavy atom. The number of carbonyl (C=O) groups excluding carboxylic acids is 6. The third kappa shape index (κ3) is 3.51. The predicted molar refractivity (Wildman–Crippen MR) is 99.6 cm³/mol. The van der Waals surface area contributed by atoms with Crippen molar-refractivity contribution in [2.75, 3.05) is 35.5 Å². The highest BCUT2D eigenvalue weighted by Crippen LogP contribution is 2.52. The Bertz CT molecular complexity index is 866. The van der Waals surface area contributed by atoms with Crippen molar-refractivity contribution in [2.24, 2.45) is 11.8 Å². The monoisotopic (exact) mass is 440 g/mol. The van der Waals surface area contributed by atoms with Crippen LogP contribution < -0.4 is 0 Å². The minimum Gasteiger partial charge on any atom is -0.469 e. The molecule has 0 bridgehead atoms. The molecule has 0 unspecified atom stereocenters. The van der Waals surface area contributed by atoms with Gasteiger partial charge in [-0.25, -0.2) is 14.4 Å². The highest BCUT2D eigenvalue weighted by atomic mass is 16.5. The average molecular weight is 440 g/mol. The van der Waals surface area contributed by atoms with Gasteiger partial charge in [0.1, 0.15) is 5.70 Å². The minimum atomic E-state index is -2.16. The Balaban J connectivity index is 2.89. The summed E-state index contributed by atoms with van der Waals surface area (Å²) in [6.45, 7) is 1.48.